The van der Waals surface area contributed by atoms with Crippen molar-refractivity contribution in [1.29, 1.82) is 5.26 Å². The summed E-state index contributed by atoms with van der Waals surface area (Å²) < 4.78 is 11.3. The number of nitrogens with zero attached hydrogens (tertiary/aromatic N) is 3. The summed E-state index contributed by atoms with van der Waals surface area (Å²) in [5, 5.41) is 11.1. The van der Waals surface area contributed by atoms with Crippen LogP contribution in [0.1, 0.15) is 5.56 Å². The van der Waals surface area contributed by atoms with E-state index >= 15 is 0 Å². The Kier molecular flexibility index (Phi) is 4.58. The molecule has 1 aliphatic heterocycles. The van der Waals surface area contributed by atoms with E-state index in [1.165, 1.54) is 6.20 Å². The topological polar surface area (TPSA) is 75.5 Å². The van der Waals surface area contributed by atoms with Gasteiger partial charge in [0.1, 0.15) is 11.9 Å². The fraction of sp³-hybridized carbons (Fsp3) is 0.190. The van der Waals surface area contributed by atoms with E-state index in [1.54, 1.807) is 17.0 Å². The molecule has 1 fully saturated rings. The molecule has 2 aromatic carbocycles. The lowest BCUT2D eigenvalue weighted by Gasteiger charge is -2.38. The van der Waals surface area contributed by atoms with Crippen molar-refractivity contribution in [2.24, 2.45) is 0 Å². The van der Waals surface area contributed by atoms with Crippen molar-refractivity contribution >= 4 is 16.7 Å². The van der Waals surface area contributed by atoms with Gasteiger partial charge in [-0.3, -0.25) is 4.79 Å². The standard InChI is InChI=1S/C21H17N3O3/c22-11-15-7-8-23-20(9-15)27-19-12-24(13-19)21(25)14-26-18-6-5-16-3-1-2-4-17(16)10-18/h1-10,19H,12-14H2. The third kappa shape index (κ3) is 3.82. The molecule has 0 saturated carbocycles. The third-order valence-electron chi connectivity index (χ3n) is 4.44. The van der Waals surface area contributed by atoms with Crippen molar-refractivity contribution < 1.29 is 14.3 Å². The molecular formula is C21H17N3O3. The van der Waals surface area contributed by atoms with E-state index in [-0.39, 0.29) is 18.6 Å². The number of fused-ring (bicyclic) bond motifs is 1. The molecule has 0 atom stereocenters. The van der Waals surface area contributed by atoms with Gasteiger partial charge in [0.15, 0.2) is 6.61 Å². The summed E-state index contributed by atoms with van der Waals surface area (Å²) in [7, 11) is 0. The van der Waals surface area contributed by atoms with Crippen LogP contribution in [0.5, 0.6) is 11.6 Å². The summed E-state index contributed by atoms with van der Waals surface area (Å²) in [6.07, 6.45) is 1.42. The van der Waals surface area contributed by atoms with Gasteiger partial charge in [-0.15, -0.1) is 0 Å². The van der Waals surface area contributed by atoms with Gasteiger partial charge in [-0.05, 0) is 29.0 Å². The fourth-order valence-electron chi connectivity index (χ4n) is 2.92. The van der Waals surface area contributed by atoms with Crippen molar-refractivity contribution in [1.82, 2.24) is 9.88 Å². The molecule has 1 aliphatic rings. The maximum atomic E-state index is 12.2. The van der Waals surface area contributed by atoms with Crippen molar-refractivity contribution in [3.63, 3.8) is 0 Å². The number of likely N-dealkylation sites (tertiary alicyclic amines) is 1. The van der Waals surface area contributed by atoms with Crippen molar-refractivity contribution in [3.8, 4) is 17.7 Å². The first-order valence-corrected chi connectivity index (χ1v) is 8.63. The number of carbonyl (C=O) groups is 1. The molecule has 1 saturated heterocycles. The van der Waals surface area contributed by atoms with Crippen LogP contribution in [0.4, 0.5) is 0 Å². The number of nitriles is 1. The van der Waals surface area contributed by atoms with Crippen molar-refractivity contribution in [3.05, 3.63) is 66.4 Å². The Morgan fingerprint density at radius 3 is 2.78 bits per heavy atom. The van der Waals surface area contributed by atoms with Crippen molar-refractivity contribution in [2.75, 3.05) is 19.7 Å². The molecule has 6 nitrogen and oxygen atoms in total. The Morgan fingerprint density at radius 1 is 1.15 bits per heavy atom. The summed E-state index contributed by atoms with van der Waals surface area (Å²) in [6, 6.07) is 19.0. The van der Waals surface area contributed by atoms with Crippen LogP contribution in [0.15, 0.2) is 60.8 Å². The summed E-state index contributed by atoms with van der Waals surface area (Å²) >= 11 is 0. The highest BCUT2D eigenvalue weighted by atomic mass is 16.5. The van der Waals surface area contributed by atoms with E-state index in [0.717, 1.165) is 10.8 Å². The van der Waals surface area contributed by atoms with Crippen LogP contribution < -0.4 is 9.47 Å². The minimum Gasteiger partial charge on any atom is -0.484 e. The molecule has 0 radical (unpaired) electrons. The number of hydrogen-bond donors (Lipinski definition) is 0. The Morgan fingerprint density at radius 2 is 1.96 bits per heavy atom. The number of carbonyl (C=O) groups excluding carboxylic acids is 1. The summed E-state index contributed by atoms with van der Waals surface area (Å²) in [5.41, 5.74) is 0.496. The first-order valence-electron chi connectivity index (χ1n) is 8.63. The molecule has 2 heterocycles. The Labute approximate surface area is 156 Å². The predicted molar refractivity (Wildman–Crippen MR) is 99.4 cm³/mol. The van der Waals surface area contributed by atoms with Crippen LogP contribution >= 0.6 is 0 Å². The first-order chi connectivity index (χ1) is 13.2. The molecule has 4 rings (SSSR count). The van der Waals surface area contributed by atoms with Gasteiger partial charge >= 0.3 is 0 Å². The zero-order valence-electron chi connectivity index (χ0n) is 14.5. The SMILES string of the molecule is N#Cc1ccnc(OC2CN(C(=O)COc3ccc4ccccc4c3)C2)c1. The number of aromatic nitrogens is 1. The number of hydrogen-bond acceptors (Lipinski definition) is 5. The quantitative estimate of drug-likeness (QED) is 0.700. The number of ether oxygens (including phenoxy) is 2. The van der Waals surface area contributed by atoms with Gasteiger partial charge in [0, 0.05) is 12.3 Å². The second kappa shape index (κ2) is 7.34. The fourth-order valence-corrected chi connectivity index (χ4v) is 2.92. The molecule has 27 heavy (non-hydrogen) atoms. The van der Waals surface area contributed by atoms with E-state index in [4.69, 9.17) is 14.7 Å². The first kappa shape index (κ1) is 16.9. The lowest BCUT2D eigenvalue weighted by atomic mass is 10.1. The zero-order chi connectivity index (χ0) is 18.6. The minimum atomic E-state index is -0.115. The molecule has 6 heteroatoms. The molecule has 134 valence electrons. The van der Waals surface area contributed by atoms with Gasteiger partial charge in [0.2, 0.25) is 5.88 Å². The molecule has 0 spiro atoms. The summed E-state index contributed by atoms with van der Waals surface area (Å²) in [5.74, 6) is 0.994. The second-order valence-electron chi connectivity index (χ2n) is 6.33. The summed E-state index contributed by atoms with van der Waals surface area (Å²) in [4.78, 5) is 18.0. The Hall–Kier alpha value is -3.59. The van der Waals surface area contributed by atoms with Gasteiger partial charge in [-0.2, -0.15) is 5.26 Å². The van der Waals surface area contributed by atoms with Crippen LogP contribution in [-0.2, 0) is 4.79 Å². The van der Waals surface area contributed by atoms with Crippen LogP contribution in [0.3, 0.4) is 0 Å². The molecule has 0 unspecified atom stereocenters. The maximum Gasteiger partial charge on any atom is 0.260 e. The van der Waals surface area contributed by atoms with E-state index in [2.05, 4.69) is 4.98 Å². The minimum absolute atomic E-state index is 0.00672. The Balaban J connectivity index is 1.27. The molecular weight excluding hydrogens is 342 g/mol. The highest BCUT2D eigenvalue weighted by molar-refractivity contribution is 5.84. The van der Waals surface area contributed by atoms with E-state index in [1.807, 2.05) is 48.5 Å². The van der Waals surface area contributed by atoms with E-state index < -0.39 is 0 Å². The van der Waals surface area contributed by atoms with E-state index in [9.17, 15) is 4.79 Å². The van der Waals surface area contributed by atoms with Crippen LogP contribution in [-0.4, -0.2) is 41.6 Å². The number of pyridine rings is 1. The van der Waals surface area contributed by atoms with Crippen LogP contribution in [0.25, 0.3) is 10.8 Å². The zero-order valence-corrected chi connectivity index (χ0v) is 14.5. The van der Waals surface area contributed by atoms with Gasteiger partial charge < -0.3 is 14.4 Å². The third-order valence-corrected chi connectivity index (χ3v) is 4.44. The molecule has 0 N–H and O–H groups in total. The molecule has 1 amide bonds. The van der Waals surface area contributed by atoms with Gasteiger partial charge in [-0.25, -0.2) is 4.98 Å². The van der Waals surface area contributed by atoms with E-state index in [0.29, 0.717) is 30.3 Å². The van der Waals surface area contributed by atoms with Gasteiger partial charge in [0.25, 0.3) is 5.91 Å². The molecule has 1 aromatic heterocycles. The molecule has 0 aliphatic carbocycles. The van der Waals surface area contributed by atoms with Crippen molar-refractivity contribution in [2.45, 2.75) is 6.10 Å². The average Bonchev–Trinajstić information content (AvgIpc) is 2.68. The number of amides is 1. The largest absolute Gasteiger partial charge is 0.484 e. The normalized spacial score (nSPS) is 13.7. The second-order valence-corrected chi connectivity index (χ2v) is 6.33. The summed E-state index contributed by atoms with van der Waals surface area (Å²) in [6.45, 7) is 0.962. The number of benzene rings is 2. The Bertz CT molecular complexity index is 1020. The highest BCUT2D eigenvalue weighted by Crippen LogP contribution is 2.21. The highest BCUT2D eigenvalue weighted by Gasteiger charge is 2.32. The van der Waals surface area contributed by atoms with Gasteiger partial charge in [-0.1, -0.05) is 30.3 Å². The lowest BCUT2D eigenvalue weighted by molar-refractivity contribution is -0.142. The molecule has 3 aromatic rings. The monoisotopic (exact) mass is 359 g/mol. The number of rotatable bonds is 5. The molecule has 0 bridgehead atoms. The van der Waals surface area contributed by atoms with Crippen LogP contribution in [0.2, 0.25) is 0 Å². The lowest BCUT2D eigenvalue weighted by Crippen LogP contribution is -2.57. The average molecular weight is 359 g/mol. The maximum absolute atomic E-state index is 12.2. The predicted octanol–water partition coefficient (Wildman–Crippen LogP) is 2.78. The van der Waals surface area contributed by atoms with Crippen LogP contribution in [0, 0.1) is 11.3 Å². The smallest absolute Gasteiger partial charge is 0.260 e. The van der Waals surface area contributed by atoms with Gasteiger partial charge in [0.05, 0.1) is 24.7 Å².